The van der Waals surface area contributed by atoms with Crippen LogP contribution in [0.1, 0.15) is 34.5 Å². The molecular weight excluding hydrogens is 282 g/mol. The summed E-state index contributed by atoms with van der Waals surface area (Å²) in [6, 6.07) is 10.1. The van der Waals surface area contributed by atoms with Crippen molar-refractivity contribution in [1.29, 1.82) is 0 Å². The van der Waals surface area contributed by atoms with Gasteiger partial charge in [-0.1, -0.05) is 12.1 Å². The van der Waals surface area contributed by atoms with Crippen molar-refractivity contribution in [2.45, 2.75) is 25.9 Å². The van der Waals surface area contributed by atoms with E-state index in [2.05, 4.69) is 6.07 Å². The molecule has 3 nitrogen and oxygen atoms in total. The van der Waals surface area contributed by atoms with Gasteiger partial charge in [-0.05, 0) is 37.5 Å². The highest BCUT2D eigenvalue weighted by Crippen LogP contribution is 2.42. The number of likely N-dealkylation sites (tertiary alicyclic amines) is 1. The Morgan fingerprint density at radius 2 is 1.95 bits per heavy atom. The SMILES string of the molecule is O=C(c1cc2c(s1)-c1ccccc1OC2)N1CCCCC1. The fourth-order valence-electron chi connectivity index (χ4n) is 3.06. The van der Waals surface area contributed by atoms with Gasteiger partial charge in [-0.3, -0.25) is 4.79 Å². The van der Waals surface area contributed by atoms with E-state index in [1.807, 2.05) is 29.2 Å². The lowest BCUT2D eigenvalue weighted by atomic mass is 10.1. The smallest absolute Gasteiger partial charge is 0.263 e. The highest BCUT2D eigenvalue weighted by atomic mass is 32.1. The van der Waals surface area contributed by atoms with E-state index in [0.29, 0.717) is 6.61 Å². The van der Waals surface area contributed by atoms with E-state index in [1.54, 1.807) is 11.3 Å². The van der Waals surface area contributed by atoms with Crippen LogP contribution in [0.3, 0.4) is 0 Å². The van der Waals surface area contributed by atoms with Crippen molar-refractivity contribution in [2.75, 3.05) is 13.1 Å². The molecule has 0 bridgehead atoms. The van der Waals surface area contributed by atoms with Gasteiger partial charge in [0.15, 0.2) is 0 Å². The molecular formula is C17H17NO2S. The van der Waals surface area contributed by atoms with Gasteiger partial charge in [0.1, 0.15) is 12.4 Å². The number of thiophene rings is 1. The number of fused-ring (bicyclic) bond motifs is 3. The van der Waals surface area contributed by atoms with Crippen LogP contribution in [0.15, 0.2) is 30.3 Å². The maximum atomic E-state index is 12.6. The minimum atomic E-state index is 0.187. The lowest BCUT2D eigenvalue weighted by Crippen LogP contribution is -2.35. The summed E-state index contributed by atoms with van der Waals surface area (Å²) in [5.41, 5.74) is 2.25. The van der Waals surface area contributed by atoms with E-state index < -0.39 is 0 Å². The number of carbonyl (C=O) groups excluding carboxylic acids is 1. The molecule has 108 valence electrons. The Morgan fingerprint density at radius 3 is 2.81 bits per heavy atom. The second-order valence-corrected chi connectivity index (χ2v) is 6.65. The first kappa shape index (κ1) is 12.9. The molecule has 1 fully saturated rings. The third kappa shape index (κ3) is 2.23. The summed E-state index contributed by atoms with van der Waals surface area (Å²) in [5.74, 6) is 1.11. The maximum Gasteiger partial charge on any atom is 0.263 e. The van der Waals surface area contributed by atoms with E-state index in [9.17, 15) is 4.79 Å². The Balaban J connectivity index is 1.68. The number of rotatable bonds is 1. The Bertz CT molecular complexity index is 686. The van der Waals surface area contributed by atoms with Crippen LogP contribution in [0, 0.1) is 0 Å². The Hall–Kier alpha value is -1.81. The summed E-state index contributed by atoms with van der Waals surface area (Å²) in [4.78, 5) is 16.7. The number of amides is 1. The molecule has 21 heavy (non-hydrogen) atoms. The fraction of sp³-hybridized carbons (Fsp3) is 0.353. The van der Waals surface area contributed by atoms with Crippen LogP contribution in [0.5, 0.6) is 5.75 Å². The van der Waals surface area contributed by atoms with E-state index >= 15 is 0 Å². The molecule has 1 saturated heterocycles. The molecule has 0 atom stereocenters. The van der Waals surface area contributed by atoms with Crippen molar-refractivity contribution in [3.63, 3.8) is 0 Å². The van der Waals surface area contributed by atoms with Crippen LogP contribution < -0.4 is 4.74 Å². The van der Waals surface area contributed by atoms with Gasteiger partial charge in [0.25, 0.3) is 5.91 Å². The first-order valence-electron chi connectivity index (χ1n) is 7.47. The molecule has 2 aliphatic heterocycles. The highest BCUT2D eigenvalue weighted by molar-refractivity contribution is 7.17. The number of nitrogens with zero attached hydrogens (tertiary/aromatic N) is 1. The monoisotopic (exact) mass is 299 g/mol. The molecule has 4 rings (SSSR count). The van der Waals surface area contributed by atoms with Crippen molar-refractivity contribution in [2.24, 2.45) is 0 Å². The molecule has 0 N–H and O–H groups in total. The third-order valence-corrected chi connectivity index (χ3v) is 5.38. The zero-order valence-electron chi connectivity index (χ0n) is 11.8. The van der Waals surface area contributed by atoms with Gasteiger partial charge in [0.2, 0.25) is 0 Å². The Kier molecular flexibility index (Phi) is 3.19. The minimum Gasteiger partial charge on any atom is -0.488 e. The Labute approximate surface area is 128 Å². The zero-order valence-corrected chi connectivity index (χ0v) is 12.6. The number of hydrogen-bond acceptors (Lipinski definition) is 3. The van der Waals surface area contributed by atoms with Crippen LogP contribution in [-0.2, 0) is 6.61 Å². The lowest BCUT2D eigenvalue weighted by molar-refractivity contribution is 0.0729. The van der Waals surface area contributed by atoms with Crippen LogP contribution in [0.4, 0.5) is 0 Å². The molecule has 0 unspecified atom stereocenters. The molecule has 1 aromatic heterocycles. The second-order valence-electron chi connectivity index (χ2n) is 5.60. The van der Waals surface area contributed by atoms with Gasteiger partial charge in [-0.25, -0.2) is 0 Å². The van der Waals surface area contributed by atoms with Gasteiger partial charge in [-0.2, -0.15) is 0 Å². The largest absolute Gasteiger partial charge is 0.488 e. The van der Waals surface area contributed by atoms with Gasteiger partial charge >= 0.3 is 0 Å². The molecule has 3 heterocycles. The molecule has 1 aromatic carbocycles. The number of para-hydroxylation sites is 1. The summed E-state index contributed by atoms with van der Waals surface area (Å²) in [6.45, 7) is 2.36. The van der Waals surface area contributed by atoms with Gasteiger partial charge in [0.05, 0.1) is 4.88 Å². The standard InChI is InChI=1S/C17H17NO2S/c19-17(18-8-4-1-5-9-18)15-10-12-11-20-14-7-3-2-6-13(14)16(12)21-15/h2-3,6-7,10H,1,4-5,8-9,11H2. The van der Waals surface area contributed by atoms with Crippen LogP contribution in [0.2, 0.25) is 0 Å². The molecule has 2 aliphatic rings. The number of benzene rings is 1. The van der Waals surface area contributed by atoms with E-state index in [4.69, 9.17) is 4.74 Å². The molecule has 2 aromatic rings. The quantitative estimate of drug-likeness (QED) is 0.798. The molecule has 0 spiro atoms. The molecule has 1 amide bonds. The van der Waals surface area contributed by atoms with Gasteiger partial charge < -0.3 is 9.64 Å². The second kappa shape index (κ2) is 5.19. The summed E-state index contributed by atoms with van der Waals surface area (Å²) >= 11 is 1.61. The normalized spacial score (nSPS) is 16.9. The van der Waals surface area contributed by atoms with Crippen molar-refractivity contribution in [1.82, 2.24) is 4.90 Å². The third-order valence-electron chi connectivity index (χ3n) is 4.18. The average molecular weight is 299 g/mol. The van der Waals surface area contributed by atoms with Gasteiger partial charge in [0, 0.05) is 29.1 Å². The minimum absolute atomic E-state index is 0.187. The summed E-state index contributed by atoms with van der Waals surface area (Å²) < 4.78 is 5.77. The summed E-state index contributed by atoms with van der Waals surface area (Å²) in [7, 11) is 0. The van der Waals surface area contributed by atoms with E-state index in [0.717, 1.165) is 47.7 Å². The number of piperidine rings is 1. The fourth-order valence-corrected chi connectivity index (χ4v) is 4.22. The lowest BCUT2D eigenvalue weighted by Gasteiger charge is -2.26. The van der Waals surface area contributed by atoms with Crippen molar-refractivity contribution >= 4 is 17.2 Å². The summed E-state index contributed by atoms with van der Waals surface area (Å²) in [5, 5.41) is 0. The van der Waals surface area contributed by atoms with Crippen LogP contribution in [0.25, 0.3) is 10.4 Å². The summed E-state index contributed by atoms with van der Waals surface area (Å²) in [6.07, 6.45) is 3.50. The topological polar surface area (TPSA) is 29.5 Å². The first-order valence-corrected chi connectivity index (χ1v) is 8.29. The number of ether oxygens (including phenoxy) is 1. The van der Waals surface area contributed by atoms with Gasteiger partial charge in [-0.15, -0.1) is 11.3 Å². The van der Waals surface area contributed by atoms with Crippen molar-refractivity contribution in [3.05, 3.63) is 40.8 Å². The maximum absolute atomic E-state index is 12.6. The van der Waals surface area contributed by atoms with E-state index in [-0.39, 0.29) is 5.91 Å². The number of carbonyl (C=O) groups is 1. The molecule has 0 saturated carbocycles. The highest BCUT2D eigenvalue weighted by Gasteiger charge is 2.25. The predicted molar refractivity (Wildman–Crippen MR) is 83.8 cm³/mol. The van der Waals surface area contributed by atoms with Crippen molar-refractivity contribution < 1.29 is 9.53 Å². The molecule has 0 aliphatic carbocycles. The zero-order chi connectivity index (χ0) is 14.2. The molecule has 4 heteroatoms. The predicted octanol–water partition coefficient (Wildman–Crippen LogP) is 3.93. The number of hydrogen-bond donors (Lipinski definition) is 0. The van der Waals surface area contributed by atoms with Crippen LogP contribution >= 0.6 is 11.3 Å². The van der Waals surface area contributed by atoms with Crippen molar-refractivity contribution in [3.8, 4) is 16.2 Å². The average Bonchev–Trinajstić information content (AvgIpc) is 2.99. The van der Waals surface area contributed by atoms with E-state index in [1.165, 1.54) is 11.3 Å². The van der Waals surface area contributed by atoms with Crippen LogP contribution in [-0.4, -0.2) is 23.9 Å². The Morgan fingerprint density at radius 1 is 1.14 bits per heavy atom. The molecule has 0 radical (unpaired) electrons. The first-order chi connectivity index (χ1) is 10.3.